The minimum Gasteiger partial charge on any atom is -0.368 e. The molecule has 2 N–H and O–H groups in total. The summed E-state index contributed by atoms with van der Waals surface area (Å²) >= 11 is 1.70. The zero-order valence-electron chi connectivity index (χ0n) is 9.33. The molecule has 0 aliphatic carbocycles. The zero-order chi connectivity index (χ0) is 11.7. The van der Waals surface area contributed by atoms with Crippen LogP contribution in [0, 0.1) is 0 Å². The van der Waals surface area contributed by atoms with E-state index in [4.69, 9.17) is 5.73 Å². The number of nitrogen functional groups attached to an aromatic ring is 1. The van der Waals surface area contributed by atoms with Crippen molar-refractivity contribution in [3.8, 4) is 0 Å². The van der Waals surface area contributed by atoms with E-state index in [1.165, 1.54) is 10.4 Å². The number of hydrogen-bond acceptors (Lipinski definition) is 6. The molecule has 5 nitrogen and oxygen atoms in total. The first-order valence-corrected chi connectivity index (χ1v) is 6.39. The molecule has 2 aromatic heterocycles. The summed E-state index contributed by atoms with van der Waals surface area (Å²) in [5, 5.41) is 0. The predicted molar refractivity (Wildman–Crippen MR) is 66.4 cm³/mol. The average Bonchev–Trinajstić information content (AvgIpc) is 2.82. The number of rotatable bonds is 2. The Bertz CT molecular complexity index is 511. The van der Waals surface area contributed by atoms with Gasteiger partial charge in [0.25, 0.3) is 0 Å². The first-order valence-electron chi connectivity index (χ1n) is 5.51. The molecular weight excluding hydrogens is 234 g/mol. The summed E-state index contributed by atoms with van der Waals surface area (Å²) in [6.45, 7) is 2.86. The fraction of sp³-hybridized carbons (Fsp3) is 0.364. The van der Waals surface area contributed by atoms with Gasteiger partial charge in [0.2, 0.25) is 5.95 Å². The largest absolute Gasteiger partial charge is 0.368 e. The van der Waals surface area contributed by atoms with Gasteiger partial charge in [-0.15, -0.1) is 11.3 Å². The Hall–Kier alpha value is -1.53. The van der Waals surface area contributed by atoms with E-state index in [2.05, 4.69) is 19.9 Å². The van der Waals surface area contributed by atoms with Gasteiger partial charge in [-0.05, 0) is 0 Å². The normalized spacial score (nSPS) is 15.8. The van der Waals surface area contributed by atoms with E-state index in [-0.39, 0.29) is 0 Å². The van der Waals surface area contributed by atoms with Crippen molar-refractivity contribution >= 4 is 17.3 Å². The van der Waals surface area contributed by atoms with Crippen LogP contribution < -0.4 is 5.73 Å². The molecule has 0 spiro atoms. The van der Waals surface area contributed by atoms with E-state index in [0.29, 0.717) is 5.95 Å². The van der Waals surface area contributed by atoms with Crippen LogP contribution in [0.5, 0.6) is 0 Å². The molecule has 0 unspecified atom stereocenters. The van der Waals surface area contributed by atoms with Gasteiger partial charge in [-0.1, -0.05) is 0 Å². The van der Waals surface area contributed by atoms with E-state index < -0.39 is 0 Å². The van der Waals surface area contributed by atoms with Crippen LogP contribution in [-0.4, -0.2) is 26.4 Å². The van der Waals surface area contributed by atoms with Crippen LogP contribution in [0.3, 0.4) is 0 Å². The van der Waals surface area contributed by atoms with E-state index in [0.717, 1.165) is 31.7 Å². The van der Waals surface area contributed by atoms with Gasteiger partial charge < -0.3 is 5.73 Å². The highest BCUT2D eigenvalue weighted by Gasteiger charge is 2.18. The second kappa shape index (κ2) is 4.38. The average molecular weight is 247 g/mol. The molecule has 0 atom stereocenters. The number of nitrogens with two attached hydrogens (primary N) is 1. The van der Waals surface area contributed by atoms with Gasteiger partial charge in [0.05, 0.1) is 11.2 Å². The Morgan fingerprint density at radius 1 is 1.41 bits per heavy atom. The van der Waals surface area contributed by atoms with Gasteiger partial charge in [0.15, 0.2) is 0 Å². The minimum absolute atomic E-state index is 0.375. The molecule has 0 aromatic carbocycles. The molecule has 3 heterocycles. The molecule has 0 amide bonds. The number of hydrogen-bond donors (Lipinski definition) is 1. The second-order valence-corrected chi connectivity index (χ2v) is 5.10. The highest BCUT2D eigenvalue weighted by molar-refractivity contribution is 7.09. The zero-order valence-corrected chi connectivity index (χ0v) is 10.2. The van der Waals surface area contributed by atoms with E-state index in [1.807, 2.05) is 17.9 Å². The Balaban J connectivity index is 1.74. The van der Waals surface area contributed by atoms with Crippen molar-refractivity contribution in [2.45, 2.75) is 19.5 Å². The molecule has 0 radical (unpaired) electrons. The van der Waals surface area contributed by atoms with Crippen molar-refractivity contribution in [2.75, 3.05) is 12.3 Å². The molecule has 0 saturated heterocycles. The fourth-order valence-corrected chi connectivity index (χ4v) is 2.70. The van der Waals surface area contributed by atoms with E-state index in [1.54, 1.807) is 11.3 Å². The van der Waals surface area contributed by atoms with Crippen molar-refractivity contribution in [2.24, 2.45) is 0 Å². The second-order valence-electron chi connectivity index (χ2n) is 4.13. The maximum absolute atomic E-state index is 5.58. The quantitative estimate of drug-likeness (QED) is 0.860. The van der Waals surface area contributed by atoms with Gasteiger partial charge in [-0.3, -0.25) is 9.88 Å². The molecule has 0 saturated carbocycles. The summed E-state index contributed by atoms with van der Waals surface area (Å²) < 4.78 is 0. The summed E-state index contributed by atoms with van der Waals surface area (Å²) in [5.74, 6) is 0.375. The van der Waals surface area contributed by atoms with Gasteiger partial charge >= 0.3 is 0 Å². The van der Waals surface area contributed by atoms with E-state index in [9.17, 15) is 0 Å². The van der Waals surface area contributed by atoms with Crippen molar-refractivity contribution < 1.29 is 0 Å². The first kappa shape index (κ1) is 10.6. The van der Waals surface area contributed by atoms with Crippen LogP contribution in [0.4, 0.5) is 5.95 Å². The third-order valence-corrected chi connectivity index (χ3v) is 3.66. The van der Waals surface area contributed by atoms with Crippen molar-refractivity contribution in [3.63, 3.8) is 0 Å². The minimum atomic E-state index is 0.375. The number of fused-ring (bicyclic) bond motifs is 1. The van der Waals surface area contributed by atoms with Gasteiger partial charge in [-0.25, -0.2) is 9.97 Å². The maximum atomic E-state index is 5.58. The summed E-state index contributed by atoms with van der Waals surface area (Å²) in [7, 11) is 0. The molecule has 2 aromatic rings. The number of thiazole rings is 1. The summed E-state index contributed by atoms with van der Waals surface area (Å²) in [5.41, 5.74) is 9.74. The van der Waals surface area contributed by atoms with Gasteiger partial charge in [0.1, 0.15) is 0 Å². The molecular formula is C11H13N5S. The summed E-state index contributed by atoms with van der Waals surface area (Å²) in [6.07, 6.45) is 4.72. The van der Waals surface area contributed by atoms with Crippen LogP contribution in [0.2, 0.25) is 0 Å². The maximum Gasteiger partial charge on any atom is 0.220 e. The Morgan fingerprint density at radius 2 is 2.35 bits per heavy atom. The van der Waals surface area contributed by atoms with E-state index >= 15 is 0 Å². The van der Waals surface area contributed by atoms with Crippen molar-refractivity contribution in [1.29, 1.82) is 0 Å². The molecule has 1 aliphatic rings. The fourth-order valence-electron chi connectivity index (χ4n) is 2.07. The lowest BCUT2D eigenvalue weighted by atomic mass is 10.1. The Morgan fingerprint density at radius 3 is 3.18 bits per heavy atom. The SMILES string of the molecule is Nc1ncc2c(n1)CCN(Cc1cncs1)C2. The topological polar surface area (TPSA) is 67.9 Å². The van der Waals surface area contributed by atoms with Crippen LogP contribution in [0.1, 0.15) is 16.1 Å². The smallest absolute Gasteiger partial charge is 0.220 e. The lowest BCUT2D eigenvalue weighted by Gasteiger charge is -2.27. The first-order chi connectivity index (χ1) is 8.31. The van der Waals surface area contributed by atoms with Crippen LogP contribution in [0.15, 0.2) is 17.9 Å². The predicted octanol–water partition coefficient (Wildman–Crippen LogP) is 1.07. The highest BCUT2D eigenvalue weighted by atomic mass is 32.1. The Labute approximate surface area is 103 Å². The molecule has 88 valence electrons. The number of aromatic nitrogens is 3. The van der Waals surface area contributed by atoms with Crippen LogP contribution >= 0.6 is 11.3 Å². The molecule has 3 rings (SSSR count). The van der Waals surface area contributed by atoms with Crippen molar-refractivity contribution in [3.05, 3.63) is 34.0 Å². The molecule has 17 heavy (non-hydrogen) atoms. The molecule has 1 aliphatic heterocycles. The summed E-state index contributed by atoms with van der Waals surface area (Å²) in [6, 6.07) is 0. The molecule has 6 heteroatoms. The molecule has 0 fully saturated rings. The van der Waals surface area contributed by atoms with Gasteiger partial charge in [0, 0.05) is 48.9 Å². The standard InChI is InChI=1S/C11H13N5S/c12-11-14-3-8-5-16(2-1-10(8)15-11)6-9-4-13-7-17-9/h3-4,7H,1-2,5-6H2,(H2,12,14,15). The lowest BCUT2D eigenvalue weighted by Crippen LogP contribution is -2.30. The van der Waals surface area contributed by atoms with Crippen LogP contribution in [0.25, 0.3) is 0 Å². The third-order valence-electron chi connectivity index (χ3n) is 2.89. The lowest BCUT2D eigenvalue weighted by molar-refractivity contribution is 0.245. The highest BCUT2D eigenvalue weighted by Crippen LogP contribution is 2.19. The van der Waals surface area contributed by atoms with Crippen LogP contribution in [-0.2, 0) is 19.5 Å². The summed E-state index contributed by atoms with van der Waals surface area (Å²) in [4.78, 5) is 16.1. The number of anilines is 1. The number of nitrogens with zero attached hydrogens (tertiary/aromatic N) is 4. The molecule has 0 bridgehead atoms. The van der Waals surface area contributed by atoms with Gasteiger partial charge in [-0.2, -0.15) is 0 Å². The monoisotopic (exact) mass is 247 g/mol. The van der Waals surface area contributed by atoms with Crippen molar-refractivity contribution in [1.82, 2.24) is 19.9 Å². The third kappa shape index (κ3) is 2.27. The Kier molecular flexibility index (Phi) is 2.74.